The van der Waals surface area contributed by atoms with Gasteiger partial charge in [-0.2, -0.15) is 0 Å². The molecular weight excluding hydrogens is 315 g/mol. The monoisotopic (exact) mass is 324 g/mol. The van der Waals surface area contributed by atoms with Crippen LogP contribution in [0.5, 0.6) is 0 Å². The Morgan fingerprint density at radius 2 is 1.57 bits per heavy atom. The molecule has 0 heterocycles. The minimum atomic E-state index is -1.28. The van der Waals surface area contributed by atoms with E-state index in [1.807, 2.05) is 0 Å². The predicted octanol–water partition coefficient (Wildman–Crippen LogP) is 4.37. The van der Waals surface area contributed by atoms with Gasteiger partial charge in [0, 0.05) is 10.6 Å². The van der Waals surface area contributed by atoms with E-state index in [0.29, 0.717) is 16.1 Å². The van der Waals surface area contributed by atoms with Crippen molar-refractivity contribution in [2.75, 3.05) is 0 Å². The fraction of sp³-hybridized carbons (Fsp3) is 0.0667. The third-order valence-corrected chi connectivity index (χ3v) is 3.76. The van der Waals surface area contributed by atoms with Crippen molar-refractivity contribution in [3.8, 4) is 11.1 Å². The van der Waals surface area contributed by atoms with E-state index >= 15 is 0 Å². The molecule has 2 aromatic rings. The van der Waals surface area contributed by atoms with E-state index in [-0.39, 0.29) is 21.7 Å². The molecule has 0 aromatic heterocycles. The zero-order valence-electron chi connectivity index (χ0n) is 10.9. The van der Waals surface area contributed by atoms with Gasteiger partial charge in [0.2, 0.25) is 0 Å². The van der Waals surface area contributed by atoms with Crippen molar-refractivity contribution < 1.29 is 19.8 Å². The third kappa shape index (κ3) is 2.86. The number of halogens is 2. The highest BCUT2D eigenvalue weighted by molar-refractivity contribution is 6.35. The van der Waals surface area contributed by atoms with Gasteiger partial charge in [-0.25, -0.2) is 9.59 Å². The van der Waals surface area contributed by atoms with Crippen LogP contribution in [0.1, 0.15) is 26.3 Å². The maximum atomic E-state index is 11.5. The topological polar surface area (TPSA) is 74.6 Å². The first-order valence-electron chi connectivity index (χ1n) is 5.88. The summed E-state index contributed by atoms with van der Waals surface area (Å²) in [7, 11) is 0. The van der Waals surface area contributed by atoms with Crippen LogP contribution in [0.4, 0.5) is 0 Å². The molecule has 6 heteroatoms. The van der Waals surface area contributed by atoms with Gasteiger partial charge in [0.05, 0.1) is 16.1 Å². The molecule has 0 aliphatic heterocycles. The Hall–Kier alpha value is -2.04. The first-order chi connectivity index (χ1) is 9.82. The van der Waals surface area contributed by atoms with E-state index in [2.05, 4.69) is 0 Å². The van der Waals surface area contributed by atoms with Crippen LogP contribution in [0.15, 0.2) is 30.3 Å². The molecule has 4 nitrogen and oxygen atoms in total. The van der Waals surface area contributed by atoms with E-state index < -0.39 is 11.9 Å². The summed E-state index contributed by atoms with van der Waals surface area (Å²) >= 11 is 11.9. The highest BCUT2D eigenvalue weighted by Gasteiger charge is 2.24. The Bertz CT molecular complexity index is 736. The minimum absolute atomic E-state index is 0.0254. The minimum Gasteiger partial charge on any atom is -0.478 e. The van der Waals surface area contributed by atoms with Crippen LogP contribution in [0, 0.1) is 6.92 Å². The largest absolute Gasteiger partial charge is 0.478 e. The number of carboxylic acid groups (broad SMARTS) is 2. The predicted molar refractivity (Wildman–Crippen MR) is 80.6 cm³/mol. The second kappa shape index (κ2) is 5.76. The van der Waals surface area contributed by atoms with Crippen LogP contribution in [0.3, 0.4) is 0 Å². The molecule has 0 radical (unpaired) electrons. The number of hydrogen-bond donors (Lipinski definition) is 2. The van der Waals surface area contributed by atoms with Crippen molar-refractivity contribution in [2.45, 2.75) is 6.92 Å². The lowest BCUT2D eigenvalue weighted by Crippen LogP contribution is -2.09. The zero-order chi connectivity index (χ0) is 15.7. The van der Waals surface area contributed by atoms with Gasteiger partial charge in [0.25, 0.3) is 0 Å². The second-order valence-corrected chi connectivity index (χ2v) is 5.24. The number of rotatable bonds is 3. The summed E-state index contributed by atoms with van der Waals surface area (Å²) in [5, 5.41) is 19.2. The number of carbonyl (C=O) groups is 2. The van der Waals surface area contributed by atoms with Crippen LogP contribution in [-0.4, -0.2) is 22.2 Å². The first kappa shape index (κ1) is 15.4. The van der Waals surface area contributed by atoms with Crippen molar-refractivity contribution in [1.29, 1.82) is 0 Å². The SMILES string of the molecule is Cc1cc(C(=O)O)c(-c2ccc(Cl)cc2)c(C(=O)O)c1Cl. The van der Waals surface area contributed by atoms with Crippen LogP contribution in [-0.2, 0) is 0 Å². The average molecular weight is 325 g/mol. The number of aromatic carboxylic acids is 2. The fourth-order valence-electron chi connectivity index (χ4n) is 2.08. The Labute approximate surface area is 130 Å². The fourth-order valence-corrected chi connectivity index (χ4v) is 2.44. The normalized spacial score (nSPS) is 10.4. The molecule has 0 fully saturated rings. The van der Waals surface area contributed by atoms with E-state index in [1.54, 1.807) is 31.2 Å². The molecule has 0 saturated heterocycles. The van der Waals surface area contributed by atoms with Crippen molar-refractivity contribution in [1.82, 2.24) is 0 Å². The molecule has 2 N–H and O–H groups in total. The molecule has 0 bridgehead atoms. The van der Waals surface area contributed by atoms with E-state index in [0.717, 1.165) is 0 Å². The van der Waals surface area contributed by atoms with Gasteiger partial charge in [-0.15, -0.1) is 0 Å². The van der Waals surface area contributed by atoms with Gasteiger partial charge in [-0.3, -0.25) is 0 Å². The zero-order valence-corrected chi connectivity index (χ0v) is 12.4. The summed E-state index contributed by atoms with van der Waals surface area (Å²) < 4.78 is 0. The molecule has 0 atom stereocenters. The number of benzene rings is 2. The number of aryl methyl sites for hydroxylation is 1. The smallest absolute Gasteiger partial charge is 0.337 e. The van der Waals surface area contributed by atoms with Crippen molar-refractivity contribution in [3.63, 3.8) is 0 Å². The maximum Gasteiger partial charge on any atom is 0.337 e. The number of carboxylic acids is 2. The third-order valence-electron chi connectivity index (χ3n) is 3.02. The van der Waals surface area contributed by atoms with Crippen LogP contribution in [0.25, 0.3) is 11.1 Å². The Morgan fingerprint density at radius 1 is 1.00 bits per heavy atom. The molecule has 0 aliphatic carbocycles. The van der Waals surface area contributed by atoms with Crippen molar-refractivity contribution in [2.24, 2.45) is 0 Å². The molecule has 0 saturated carbocycles. The van der Waals surface area contributed by atoms with Crippen molar-refractivity contribution in [3.05, 3.63) is 57.1 Å². The number of hydrogen-bond acceptors (Lipinski definition) is 2. The van der Waals surface area contributed by atoms with Crippen LogP contribution >= 0.6 is 23.2 Å². The Balaban J connectivity index is 2.89. The van der Waals surface area contributed by atoms with Gasteiger partial charge in [-0.05, 0) is 36.2 Å². The molecule has 0 unspecified atom stereocenters. The molecule has 108 valence electrons. The summed E-state index contributed by atoms with van der Waals surface area (Å²) in [5.41, 5.74) is 0.551. The molecular formula is C15H10Cl2O4. The lowest BCUT2D eigenvalue weighted by atomic mass is 9.92. The molecule has 0 amide bonds. The quantitative estimate of drug-likeness (QED) is 0.879. The van der Waals surface area contributed by atoms with Gasteiger partial charge >= 0.3 is 11.9 Å². The van der Waals surface area contributed by atoms with Gasteiger partial charge in [-0.1, -0.05) is 35.3 Å². The molecule has 2 rings (SSSR count). The van der Waals surface area contributed by atoms with Crippen molar-refractivity contribution >= 4 is 35.1 Å². The highest BCUT2D eigenvalue weighted by atomic mass is 35.5. The molecule has 21 heavy (non-hydrogen) atoms. The maximum absolute atomic E-state index is 11.5. The van der Waals surface area contributed by atoms with E-state index in [4.69, 9.17) is 23.2 Å². The van der Waals surface area contributed by atoms with E-state index in [9.17, 15) is 19.8 Å². The summed E-state index contributed by atoms with van der Waals surface area (Å²) in [6.07, 6.45) is 0. The average Bonchev–Trinajstić information content (AvgIpc) is 2.41. The molecule has 0 spiro atoms. The van der Waals surface area contributed by atoms with Crippen LogP contribution in [0.2, 0.25) is 10.0 Å². The summed E-state index contributed by atoms with van der Waals surface area (Å²) in [6, 6.07) is 7.59. The second-order valence-electron chi connectivity index (χ2n) is 4.42. The standard InChI is InChI=1S/C15H10Cl2O4/c1-7-6-10(14(18)19)11(12(13(7)17)15(20)21)8-2-4-9(16)5-3-8/h2-6H,1H3,(H,18,19)(H,20,21). The lowest BCUT2D eigenvalue weighted by molar-refractivity contribution is 0.0696. The Kier molecular flexibility index (Phi) is 4.21. The van der Waals surface area contributed by atoms with Gasteiger partial charge in [0.1, 0.15) is 0 Å². The summed E-state index contributed by atoms with van der Waals surface area (Å²) in [4.78, 5) is 22.9. The molecule has 2 aromatic carbocycles. The first-order valence-corrected chi connectivity index (χ1v) is 6.64. The highest BCUT2D eigenvalue weighted by Crippen LogP contribution is 2.35. The molecule has 0 aliphatic rings. The summed E-state index contributed by atoms with van der Waals surface area (Å²) in [5.74, 6) is -2.50. The Morgan fingerprint density at radius 3 is 2.05 bits per heavy atom. The van der Waals surface area contributed by atoms with Crippen LogP contribution < -0.4 is 0 Å². The lowest BCUT2D eigenvalue weighted by Gasteiger charge is -2.14. The summed E-state index contributed by atoms with van der Waals surface area (Å²) in [6.45, 7) is 1.56. The van der Waals surface area contributed by atoms with Gasteiger partial charge in [0.15, 0.2) is 0 Å². The van der Waals surface area contributed by atoms with Gasteiger partial charge < -0.3 is 10.2 Å². The van der Waals surface area contributed by atoms with E-state index in [1.165, 1.54) is 6.07 Å².